The molecule has 1 aromatic rings. The van der Waals surface area contributed by atoms with Crippen molar-refractivity contribution >= 4 is 5.91 Å². The first-order chi connectivity index (χ1) is 15.2. The van der Waals surface area contributed by atoms with Gasteiger partial charge < -0.3 is 15.1 Å². The lowest BCUT2D eigenvalue weighted by atomic mass is 9.64. The first-order valence-corrected chi connectivity index (χ1v) is 12.8. The molecule has 168 valence electrons. The summed E-state index contributed by atoms with van der Waals surface area (Å²) in [6.45, 7) is 8.96. The van der Waals surface area contributed by atoms with Crippen molar-refractivity contribution in [2.75, 3.05) is 52.4 Å². The molecule has 4 bridgehead atoms. The minimum Gasteiger partial charge on any atom is -0.350 e. The molecule has 31 heavy (non-hydrogen) atoms. The lowest BCUT2D eigenvalue weighted by Crippen LogP contribution is -2.73. The topological polar surface area (TPSA) is 38.8 Å². The molecule has 5 saturated heterocycles. The SMILES string of the molecule is O=C(N[C@@H]1C2CN3CCN(C2)CC1(c1ccccc1)C3)C1(N2CCCC2)CCCCC1. The second-order valence-corrected chi connectivity index (χ2v) is 11.0. The molecule has 1 N–H and O–H groups in total. The summed E-state index contributed by atoms with van der Waals surface area (Å²) in [7, 11) is 0. The van der Waals surface area contributed by atoms with Crippen LogP contribution < -0.4 is 5.32 Å². The molecule has 6 aliphatic rings. The Morgan fingerprint density at radius 3 is 2.13 bits per heavy atom. The van der Waals surface area contributed by atoms with Crippen LogP contribution >= 0.6 is 0 Å². The number of likely N-dealkylation sites (tertiary alicyclic amines) is 1. The van der Waals surface area contributed by atoms with Crippen LogP contribution in [0, 0.1) is 5.92 Å². The fourth-order valence-corrected chi connectivity index (χ4v) is 7.81. The Bertz CT molecular complexity index is 783. The van der Waals surface area contributed by atoms with E-state index in [1.165, 1.54) is 50.8 Å². The summed E-state index contributed by atoms with van der Waals surface area (Å²) >= 11 is 0. The molecular weight excluding hydrogens is 384 g/mol. The number of piperidine rings is 2. The number of nitrogens with one attached hydrogen (secondary N) is 1. The Kier molecular flexibility index (Phi) is 5.12. The molecule has 5 nitrogen and oxygen atoms in total. The molecule has 1 aromatic carbocycles. The normalized spacial score (nSPS) is 39.4. The second kappa shape index (κ2) is 7.86. The van der Waals surface area contributed by atoms with Gasteiger partial charge in [-0.25, -0.2) is 0 Å². The van der Waals surface area contributed by atoms with Crippen molar-refractivity contribution < 1.29 is 4.79 Å². The van der Waals surface area contributed by atoms with Crippen LogP contribution in [0.25, 0.3) is 0 Å². The van der Waals surface area contributed by atoms with Gasteiger partial charge in [0.2, 0.25) is 5.91 Å². The van der Waals surface area contributed by atoms with Crippen LogP contribution in [0.1, 0.15) is 50.5 Å². The van der Waals surface area contributed by atoms with Gasteiger partial charge >= 0.3 is 0 Å². The average Bonchev–Trinajstić information content (AvgIpc) is 3.24. The molecule has 5 heteroatoms. The number of benzene rings is 1. The third kappa shape index (κ3) is 3.27. The van der Waals surface area contributed by atoms with E-state index >= 15 is 0 Å². The molecular formula is C26H38N4O. The van der Waals surface area contributed by atoms with E-state index in [0.29, 0.717) is 11.8 Å². The van der Waals surface area contributed by atoms with Gasteiger partial charge in [-0.15, -0.1) is 0 Å². The lowest BCUT2D eigenvalue weighted by molar-refractivity contribution is -0.138. The van der Waals surface area contributed by atoms with Gasteiger partial charge in [0, 0.05) is 56.6 Å². The van der Waals surface area contributed by atoms with E-state index in [2.05, 4.69) is 50.3 Å². The van der Waals surface area contributed by atoms with Gasteiger partial charge in [-0.1, -0.05) is 49.6 Å². The lowest BCUT2D eigenvalue weighted by Gasteiger charge is -2.56. The van der Waals surface area contributed by atoms with E-state index in [4.69, 9.17) is 0 Å². The number of rotatable bonds is 4. The predicted octanol–water partition coefficient (Wildman–Crippen LogP) is 2.47. The van der Waals surface area contributed by atoms with Crippen molar-refractivity contribution in [2.45, 2.75) is 61.9 Å². The molecule has 0 radical (unpaired) electrons. The van der Waals surface area contributed by atoms with Gasteiger partial charge in [-0.3, -0.25) is 9.69 Å². The second-order valence-electron chi connectivity index (χ2n) is 11.0. The van der Waals surface area contributed by atoms with Crippen LogP contribution in [-0.4, -0.2) is 84.5 Å². The highest BCUT2D eigenvalue weighted by atomic mass is 16.2. The van der Waals surface area contributed by atoms with Gasteiger partial charge in [-0.2, -0.15) is 0 Å². The summed E-state index contributed by atoms with van der Waals surface area (Å²) in [6.07, 6.45) is 8.27. The smallest absolute Gasteiger partial charge is 0.240 e. The fraction of sp³-hybridized carbons (Fsp3) is 0.731. The molecule has 7 rings (SSSR count). The number of hydrogen-bond donors (Lipinski definition) is 1. The highest BCUT2D eigenvalue weighted by molar-refractivity contribution is 5.87. The summed E-state index contributed by atoms with van der Waals surface area (Å²) < 4.78 is 0. The van der Waals surface area contributed by atoms with E-state index in [1.807, 2.05) is 0 Å². The number of nitrogens with zero attached hydrogens (tertiary/aromatic N) is 3. The van der Waals surface area contributed by atoms with Gasteiger partial charge in [-0.05, 0) is 44.3 Å². The number of amides is 1. The highest BCUT2D eigenvalue weighted by Crippen LogP contribution is 2.44. The maximum atomic E-state index is 14.2. The van der Waals surface area contributed by atoms with Crippen molar-refractivity contribution in [3.8, 4) is 0 Å². The zero-order valence-electron chi connectivity index (χ0n) is 18.9. The van der Waals surface area contributed by atoms with E-state index in [1.54, 1.807) is 0 Å². The first-order valence-electron chi connectivity index (χ1n) is 12.8. The third-order valence-electron chi connectivity index (χ3n) is 9.25. The van der Waals surface area contributed by atoms with Gasteiger partial charge in [0.25, 0.3) is 0 Å². The first kappa shape index (κ1) is 20.2. The molecule has 1 amide bonds. The molecule has 2 unspecified atom stereocenters. The van der Waals surface area contributed by atoms with Crippen molar-refractivity contribution in [2.24, 2.45) is 5.92 Å². The maximum absolute atomic E-state index is 14.2. The minimum absolute atomic E-state index is 0.00938. The van der Waals surface area contributed by atoms with Crippen molar-refractivity contribution in [1.29, 1.82) is 0 Å². The zero-order valence-corrected chi connectivity index (χ0v) is 18.9. The molecule has 3 atom stereocenters. The van der Waals surface area contributed by atoms with Gasteiger partial charge in [0.1, 0.15) is 5.54 Å². The Morgan fingerprint density at radius 2 is 1.48 bits per heavy atom. The van der Waals surface area contributed by atoms with Crippen LogP contribution in [0.2, 0.25) is 0 Å². The Balaban J connectivity index is 1.35. The quantitative estimate of drug-likeness (QED) is 0.809. The molecule has 0 aromatic heterocycles. The van der Waals surface area contributed by atoms with E-state index in [0.717, 1.165) is 52.1 Å². The van der Waals surface area contributed by atoms with Crippen LogP contribution in [0.3, 0.4) is 0 Å². The van der Waals surface area contributed by atoms with Crippen molar-refractivity contribution in [3.05, 3.63) is 35.9 Å². The Labute approximate surface area is 187 Å². The summed E-state index contributed by atoms with van der Waals surface area (Å²) in [6, 6.07) is 11.4. The fourth-order valence-electron chi connectivity index (χ4n) is 7.81. The van der Waals surface area contributed by atoms with Crippen molar-refractivity contribution in [3.63, 3.8) is 0 Å². The van der Waals surface area contributed by atoms with Gasteiger partial charge in [0.05, 0.1) is 0 Å². The largest absolute Gasteiger partial charge is 0.350 e. The summed E-state index contributed by atoms with van der Waals surface area (Å²) in [4.78, 5) is 22.1. The minimum atomic E-state index is -0.252. The Hall–Kier alpha value is -1.43. The maximum Gasteiger partial charge on any atom is 0.240 e. The van der Waals surface area contributed by atoms with Crippen LogP contribution in [0.4, 0.5) is 0 Å². The zero-order chi connectivity index (χ0) is 20.9. The van der Waals surface area contributed by atoms with Crippen molar-refractivity contribution in [1.82, 2.24) is 20.0 Å². The molecule has 6 fully saturated rings. The average molecular weight is 423 g/mol. The monoisotopic (exact) mass is 422 g/mol. The number of fused-ring (bicyclic) bond motifs is 1. The predicted molar refractivity (Wildman–Crippen MR) is 123 cm³/mol. The third-order valence-corrected chi connectivity index (χ3v) is 9.25. The van der Waals surface area contributed by atoms with Crippen LogP contribution in [-0.2, 0) is 10.2 Å². The van der Waals surface area contributed by atoms with Crippen LogP contribution in [0.15, 0.2) is 30.3 Å². The van der Waals surface area contributed by atoms with Crippen LogP contribution in [0.5, 0.6) is 0 Å². The molecule has 1 aliphatic carbocycles. The highest BCUT2D eigenvalue weighted by Gasteiger charge is 2.57. The summed E-state index contributed by atoms with van der Waals surface area (Å²) in [5.74, 6) is 0.874. The molecule has 1 saturated carbocycles. The number of hydrogen-bond acceptors (Lipinski definition) is 4. The van der Waals surface area contributed by atoms with E-state index in [-0.39, 0.29) is 17.0 Å². The van der Waals surface area contributed by atoms with E-state index in [9.17, 15) is 4.79 Å². The standard InChI is InChI=1S/C26H38N4O/c31-24(26(11-5-2-6-12-26)30-13-7-8-14-30)27-23-21-17-28-15-16-29(18-21)20-25(23,19-28)22-9-3-1-4-10-22/h1,3-4,9-10,21,23H,2,5-8,11-20H2,(H,27,31)/t21?,23-,25?/m1/s1. The summed E-state index contributed by atoms with van der Waals surface area (Å²) in [5, 5.41) is 3.78. The Morgan fingerprint density at radius 1 is 0.839 bits per heavy atom. The number of carbonyl (C=O) groups is 1. The number of carbonyl (C=O) groups excluding carboxylic acids is 1. The van der Waals surface area contributed by atoms with E-state index < -0.39 is 0 Å². The molecule has 5 heterocycles. The molecule has 5 aliphatic heterocycles. The molecule has 0 spiro atoms. The van der Waals surface area contributed by atoms with Gasteiger partial charge in [0.15, 0.2) is 0 Å². The summed E-state index contributed by atoms with van der Waals surface area (Å²) in [5.41, 5.74) is 1.17.